The van der Waals surface area contributed by atoms with Crippen LogP contribution in [0.25, 0.3) is 5.57 Å². The largest absolute Gasteiger partial charge is 0.506 e. The van der Waals surface area contributed by atoms with Gasteiger partial charge in [0.25, 0.3) is 5.56 Å². The first-order chi connectivity index (χ1) is 22.8. The van der Waals surface area contributed by atoms with E-state index in [1.54, 1.807) is 15.6 Å². The summed E-state index contributed by atoms with van der Waals surface area (Å²) in [6, 6.07) is 2.85. The molecule has 47 heavy (non-hydrogen) atoms. The van der Waals surface area contributed by atoms with Gasteiger partial charge in [-0.3, -0.25) is 24.2 Å². The number of phenols is 1. The molecular formula is C37H46N6O4. The van der Waals surface area contributed by atoms with E-state index < -0.39 is 12.0 Å². The molecule has 3 unspecified atom stereocenters. The number of carbonyl (C=O) groups is 2. The number of phenolic OH excluding ortho intramolecular Hbond substituents is 1. The highest BCUT2D eigenvalue weighted by Crippen LogP contribution is 2.44. The summed E-state index contributed by atoms with van der Waals surface area (Å²) in [6.07, 6.45) is 22.0. The first-order valence-electron chi connectivity index (χ1n) is 16.9. The Kier molecular flexibility index (Phi) is 9.68. The number of aromatic amines is 1. The SMILES string of the molecule is CCCCN(C)C(=O)C1C=CC=C(c2cc(O)c3c(c2)NC(=O)C(C2C=C/C=C\Cc4c2[nH]n(CCN2CCCC2)c4=O)N3C)C=C1. The quantitative estimate of drug-likeness (QED) is 0.371. The van der Waals surface area contributed by atoms with Gasteiger partial charge in [0.2, 0.25) is 11.8 Å². The summed E-state index contributed by atoms with van der Waals surface area (Å²) in [7, 11) is 3.64. The van der Waals surface area contributed by atoms with Crippen molar-refractivity contribution in [3.63, 3.8) is 0 Å². The summed E-state index contributed by atoms with van der Waals surface area (Å²) >= 11 is 0. The molecule has 0 bridgehead atoms. The van der Waals surface area contributed by atoms with Crippen molar-refractivity contribution in [2.24, 2.45) is 5.92 Å². The summed E-state index contributed by atoms with van der Waals surface area (Å²) < 4.78 is 1.69. The number of amides is 2. The zero-order valence-corrected chi connectivity index (χ0v) is 27.6. The Balaban J connectivity index is 1.26. The molecule has 0 radical (unpaired) electrons. The lowest BCUT2D eigenvalue weighted by molar-refractivity contribution is -0.131. The number of rotatable bonds is 9. The Morgan fingerprint density at radius 1 is 1.06 bits per heavy atom. The molecule has 10 heteroatoms. The lowest BCUT2D eigenvalue weighted by Gasteiger charge is -2.39. The zero-order valence-electron chi connectivity index (χ0n) is 27.6. The molecule has 6 rings (SSSR count). The Bertz CT molecular complexity index is 1720. The number of carbonyl (C=O) groups excluding carboxylic acids is 2. The van der Waals surface area contributed by atoms with Crippen LogP contribution in [0.5, 0.6) is 5.75 Å². The van der Waals surface area contributed by atoms with Crippen molar-refractivity contribution in [1.82, 2.24) is 19.6 Å². The van der Waals surface area contributed by atoms with Gasteiger partial charge in [-0.05, 0) is 62.0 Å². The van der Waals surface area contributed by atoms with Gasteiger partial charge in [0.1, 0.15) is 17.5 Å². The normalized spacial score (nSPS) is 23.0. The minimum absolute atomic E-state index is 0.0334. The number of anilines is 2. The Hall–Kier alpha value is -4.57. The molecule has 2 aliphatic carbocycles. The number of fused-ring (bicyclic) bond motifs is 2. The number of aromatic hydroxyl groups is 1. The van der Waals surface area contributed by atoms with Gasteiger partial charge in [-0.1, -0.05) is 68.0 Å². The molecule has 3 heterocycles. The van der Waals surface area contributed by atoms with Crippen LogP contribution in [0.15, 0.2) is 71.6 Å². The molecule has 2 aromatic rings. The lowest BCUT2D eigenvalue weighted by atomic mass is 9.87. The Labute approximate surface area is 276 Å². The van der Waals surface area contributed by atoms with Gasteiger partial charge in [0.05, 0.1) is 23.8 Å². The first-order valence-corrected chi connectivity index (χ1v) is 16.9. The highest BCUT2D eigenvalue weighted by atomic mass is 16.3. The minimum Gasteiger partial charge on any atom is -0.506 e. The van der Waals surface area contributed by atoms with Gasteiger partial charge in [0.15, 0.2) is 0 Å². The predicted molar refractivity (Wildman–Crippen MR) is 187 cm³/mol. The fraction of sp³-hybridized carbons (Fsp3) is 0.432. The first kappa shape index (κ1) is 32.4. The highest BCUT2D eigenvalue weighted by molar-refractivity contribution is 6.06. The Morgan fingerprint density at radius 3 is 2.66 bits per heavy atom. The van der Waals surface area contributed by atoms with Gasteiger partial charge in [-0.2, -0.15) is 0 Å². The standard InChI is InChI=1S/C37H46N6O4/c1-4-5-18-40(2)36(46)26-13-11-12-25(16-17-26)27-23-30-34(31(44)24-27)41(3)33(35(45)38-30)28-14-7-6-8-15-29-32(28)39-43(37(29)47)22-21-42-19-9-10-20-42/h6-8,11-14,16-17,23-24,26,28,33,39,44H,4-5,9-10,15,18-22H2,1-3H3,(H,38,45)/b8-6-,14-7?. The van der Waals surface area contributed by atoms with Crippen molar-refractivity contribution in [2.45, 2.75) is 57.5 Å². The predicted octanol–water partition coefficient (Wildman–Crippen LogP) is 4.57. The summed E-state index contributed by atoms with van der Waals surface area (Å²) in [4.78, 5) is 46.4. The van der Waals surface area contributed by atoms with E-state index in [1.807, 2.05) is 79.7 Å². The number of likely N-dealkylation sites (N-methyl/N-ethyl adjacent to an activating group) is 1. The maximum Gasteiger partial charge on any atom is 0.270 e. The number of nitrogens with one attached hydrogen (secondary N) is 2. The molecule has 4 aliphatic rings. The van der Waals surface area contributed by atoms with Crippen LogP contribution in [0, 0.1) is 5.92 Å². The summed E-state index contributed by atoms with van der Waals surface area (Å²) in [5.41, 5.74) is 3.90. The zero-order chi connectivity index (χ0) is 33.1. The van der Waals surface area contributed by atoms with Crippen molar-refractivity contribution in [1.29, 1.82) is 0 Å². The molecule has 10 nitrogen and oxygen atoms in total. The number of H-pyrrole nitrogens is 1. The van der Waals surface area contributed by atoms with Gasteiger partial charge < -0.3 is 25.1 Å². The fourth-order valence-electron chi connectivity index (χ4n) is 7.13. The average molecular weight is 639 g/mol. The molecule has 3 N–H and O–H groups in total. The van der Waals surface area contributed by atoms with E-state index in [0.29, 0.717) is 29.9 Å². The van der Waals surface area contributed by atoms with Crippen molar-refractivity contribution in [3.05, 3.63) is 94.0 Å². The van der Waals surface area contributed by atoms with Crippen LogP contribution in [0.2, 0.25) is 0 Å². The lowest BCUT2D eigenvalue weighted by Crippen LogP contribution is -2.49. The topological polar surface area (TPSA) is 114 Å². The second-order valence-electron chi connectivity index (χ2n) is 13.0. The number of benzene rings is 1. The summed E-state index contributed by atoms with van der Waals surface area (Å²) in [5, 5.41) is 17.8. The molecule has 0 saturated carbocycles. The van der Waals surface area contributed by atoms with Gasteiger partial charge in [-0.15, -0.1) is 0 Å². The van der Waals surface area contributed by atoms with E-state index in [2.05, 4.69) is 22.2 Å². The third-order valence-electron chi connectivity index (χ3n) is 9.79. The molecule has 3 atom stereocenters. The maximum atomic E-state index is 13.9. The van der Waals surface area contributed by atoms with Crippen LogP contribution < -0.4 is 15.8 Å². The van der Waals surface area contributed by atoms with Crippen LogP contribution in [-0.2, 0) is 22.6 Å². The van der Waals surface area contributed by atoms with Crippen LogP contribution in [-0.4, -0.2) is 82.8 Å². The molecule has 248 valence electrons. The Morgan fingerprint density at radius 2 is 1.87 bits per heavy atom. The molecule has 2 amide bonds. The smallest absolute Gasteiger partial charge is 0.270 e. The number of hydrogen-bond donors (Lipinski definition) is 3. The average Bonchev–Trinajstić information content (AvgIpc) is 3.58. The van der Waals surface area contributed by atoms with Crippen LogP contribution in [0.4, 0.5) is 11.4 Å². The molecule has 1 aromatic heterocycles. The van der Waals surface area contributed by atoms with E-state index in [4.69, 9.17) is 0 Å². The van der Waals surface area contributed by atoms with Crippen LogP contribution >= 0.6 is 0 Å². The van der Waals surface area contributed by atoms with E-state index in [9.17, 15) is 19.5 Å². The second kappa shape index (κ2) is 14.0. The van der Waals surface area contributed by atoms with E-state index in [-0.39, 0.29) is 29.0 Å². The van der Waals surface area contributed by atoms with Crippen molar-refractivity contribution in [2.75, 3.05) is 50.5 Å². The number of unbranched alkanes of at least 4 members (excludes halogenated alkanes) is 1. The van der Waals surface area contributed by atoms with Gasteiger partial charge in [-0.25, -0.2) is 0 Å². The number of allylic oxidation sites excluding steroid dienone is 7. The van der Waals surface area contributed by atoms with Crippen molar-refractivity contribution < 1.29 is 14.7 Å². The summed E-state index contributed by atoms with van der Waals surface area (Å²) in [5.74, 6) is -0.972. The van der Waals surface area contributed by atoms with E-state index >= 15 is 0 Å². The summed E-state index contributed by atoms with van der Waals surface area (Å²) in [6.45, 7) is 6.31. The fourth-order valence-corrected chi connectivity index (χ4v) is 7.13. The molecule has 1 fully saturated rings. The highest BCUT2D eigenvalue weighted by Gasteiger charge is 2.40. The van der Waals surface area contributed by atoms with E-state index in [1.165, 1.54) is 12.8 Å². The third-order valence-corrected chi connectivity index (χ3v) is 9.79. The van der Waals surface area contributed by atoms with Gasteiger partial charge in [0, 0.05) is 38.7 Å². The van der Waals surface area contributed by atoms with Crippen LogP contribution in [0.3, 0.4) is 0 Å². The van der Waals surface area contributed by atoms with E-state index in [0.717, 1.165) is 55.9 Å². The minimum atomic E-state index is -0.706. The number of nitrogens with zero attached hydrogens (tertiary/aromatic N) is 4. The molecular weight excluding hydrogens is 592 g/mol. The van der Waals surface area contributed by atoms with Gasteiger partial charge >= 0.3 is 0 Å². The third kappa shape index (κ3) is 6.65. The maximum absolute atomic E-state index is 13.9. The molecule has 1 saturated heterocycles. The molecule has 1 aromatic carbocycles. The second-order valence-corrected chi connectivity index (χ2v) is 13.0. The van der Waals surface area contributed by atoms with Crippen molar-refractivity contribution >= 4 is 28.8 Å². The number of aromatic nitrogens is 2. The van der Waals surface area contributed by atoms with Crippen molar-refractivity contribution in [3.8, 4) is 5.75 Å². The number of likely N-dealkylation sites (tertiary alicyclic amines) is 1. The molecule has 0 spiro atoms. The monoisotopic (exact) mass is 638 g/mol. The molecule has 2 aliphatic heterocycles. The number of hydrogen-bond acceptors (Lipinski definition) is 6. The van der Waals surface area contributed by atoms with Crippen LogP contribution in [0.1, 0.15) is 55.3 Å².